The van der Waals surface area contributed by atoms with Gasteiger partial charge < -0.3 is 0 Å². The lowest BCUT2D eigenvalue weighted by Crippen LogP contribution is -2.03. The lowest BCUT2D eigenvalue weighted by atomic mass is 10.1. The summed E-state index contributed by atoms with van der Waals surface area (Å²) in [5.41, 5.74) is 3.94. The molecule has 0 saturated heterocycles. The van der Waals surface area contributed by atoms with Crippen molar-refractivity contribution < 1.29 is 8.78 Å². The van der Waals surface area contributed by atoms with E-state index in [1.165, 1.54) is 17.5 Å². The van der Waals surface area contributed by atoms with Crippen molar-refractivity contribution in [2.75, 3.05) is 0 Å². The largest absolute Gasteiger partial charge is 0.320 e. The van der Waals surface area contributed by atoms with E-state index in [0.29, 0.717) is 22.6 Å². The molecule has 23 heavy (non-hydrogen) atoms. The molecule has 4 rings (SSSR count). The molecule has 3 aromatic rings. The zero-order chi connectivity index (χ0) is 15.8. The molecule has 0 radical (unpaired) electrons. The molecule has 2 nitrogen and oxygen atoms in total. The van der Waals surface area contributed by atoms with Gasteiger partial charge in [0.2, 0.25) is 0 Å². The monoisotopic (exact) mass is 330 g/mol. The van der Waals surface area contributed by atoms with E-state index >= 15 is 0 Å². The average Bonchev–Trinajstić information content (AvgIpc) is 3.16. The summed E-state index contributed by atoms with van der Waals surface area (Å²) in [6.07, 6.45) is 3.49. The summed E-state index contributed by atoms with van der Waals surface area (Å²) in [7, 11) is 0. The topological polar surface area (TPSA) is 17.8 Å². The fourth-order valence-corrected chi connectivity index (χ4v) is 4.09. The summed E-state index contributed by atoms with van der Waals surface area (Å²) in [6, 6.07) is 13.5. The van der Waals surface area contributed by atoms with Gasteiger partial charge in [0, 0.05) is 4.90 Å². The Bertz CT molecular complexity index is 857. The molecule has 0 bridgehead atoms. The second-order valence-corrected chi connectivity index (χ2v) is 6.79. The number of hydrogen-bond donors (Lipinski definition) is 0. The van der Waals surface area contributed by atoms with Crippen molar-refractivity contribution in [3.63, 3.8) is 0 Å². The molecule has 1 aromatic heterocycles. The molecule has 0 amide bonds. The van der Waals surface area contributed by atoms with E-state index in [4.69, 9.17) is 0 Å². The third-order valence-electron chi connectivity index (χ3n) is 4.30. The first-order valence-corrected chi connectivity index (χ1v) is 8.69. The van der Waals surface area contributed by atoms with Gasteiger partial charge in [-0.3, -0.25) is 4.57 Å². The average molecular weight is 330 g/mol. The van der Waals surface area contributed by atoms with Crippen LogP contribution in [0.5, 0.6) is 0 Å². The number of para-hydroxylation sites is 2. The van der Waals surface area contributed by atoms with Crippen LogP contribution < -0.4 is 0 Å². The standard InChI is InChI=1S/C18H16F2N2S/c19-18(20)22-16-7-2-1-6-15(16)21-17(22)11-23-14-9-8-12-4-3-5-13(12)10-14/h1-2,6-10,18H,3-5,11H2. The Balaban J connectivity index is 1.61. The van der Waals surface area contributed by atoms with Crippen LogP contribution in [0.25, 0.3) is 11.0 Å². The van der Waals surface area contributed by atoms with Gasteiger partial charge in [-0.05, 0) is 54.7 Å². The van der Waals surface area contributed by atoms with Gasteiger partial charge in [0.15, 0.2) is 0 Å². The molecule has 0 saturated carbocycles. The van der Waals surface area contributed by atoms with Crippen LogP contribution in [0, 0.1) is 0 Å². The van der Waals surface area contributed by atoms with E-state index in [1.807, 2.05) is 6.07 Å². The van der Waals surface area contributed by atoms with Crippen molar-refractivity contribution in [3.8, 4) is 0 Å². The number of aromatic nitrogens is 2. The molecule has 0 unspecified atom stereocenters. The van der Waals surface area contributed by atoms with Gasteiger partial charge in [-0.25, -0.2) is 4.98 Å². The smallest absolute Gasteiger partial charge is 0.269 e. The van der Waals surface area contributed by atoms with E-state index in [1.54, 1.807) is 30.0 Å². The highest BCUT2D eigenvalue weighted by Gasteiger charge is 2.18. The van der Waals surface area contributed by atoms with Crippen LogP contribution in [0.1, 0.15) is 29.9 Å². The van der Waals surface area contributed by atoms with Crippen LogP contribution in [0.3, 0.4) is 0 Å². The fourth-order valence-electron chi connectivity index (χ4n) is 3.20. The molecule has 5 heteroatoms. The van der Waals surface area contributed by atoms with Crippen LogP contribution >= 0.6 is 11.8 Å². The lowest BCUT2D eigenvalue weighted by Gasteiger charge is -2.08. The summed E-state index contributed by atoms with van der Waals surface area (Å²) in [5, 5.41) is 0. The number of halogens is 2. The van der Waals surface area contributed by atoms with Crippen molar-refractivity contribution in [2.45, 2.75) is 36.5 Å². The minimum absolute atomic E-state index is 0.423. The van der Waals surface area contributed by atoms with Crippen LogP contribution in [0.4, 0.5) is 8.78 Å². The molecule has 2 aromatic carbocycles. The van der Waals surface area contributed by atoms with Crippen LogP contribution in [-0.2, 0) is 18.6 Å². The number of rotatable bonds is 4. The predicted octanol–water partition coefficient (Wildman–Crippen LogP) is 5.21. The number of nitrogens with zero attached hydrogens (tertiary/aromatic N) is 2. The molecular formula is C18H16F2N2S. The number of hydrogen-bond acceptors (Lipinski definition) is 2. The molecular weight excluding hydrogens is 314 g/mol. The zero-order valence-electron chi connectivity index (χ0n) is 12.5. The van der Waals surface area contributed by atoms with E-state index in [9.17, 15) is 8.78 Å². The minimum atomic E-state index is -2.57. The maximum Gasteiger partial charge on any atom is 0.320 e. The Morgan fingerprint density at radius 3 is 2.78 bits per heavy atom. The lowest BCUT2D eigenvalue weighted by molar-refractivity contribution is 0.0722. The number of aryl methyl sites for hydroxylation is 2. The van der Waals surface area contributed by atoms with Crippen molar-refractivity contribution in [3.05, 3.63) is 59.4 Å². The molecule has 1 heterocycles. The Kier molecular flexibility index (Phi) is 3.81. The summed E-state index contributed by atoms with van der Waals surface area (Å²) < 4.78 is 27.9. The maximum atomic E-state index is 13.4. The summed E-state index contributed by atoms with van der Waals surface area (Å²) in [6.45, 7) is -2.57. The van der Waals surface area contributed by atoms with Crippen LogP contribution in [-0.4, -0.2) is 9.55 Å². The molecule has 0 N–H and O–H groups in total. The van der Waals surface area contributed by atoms with Gasteiger partial charge in [-0.15, -0.1) is 11.8 Å². The van der Waals surface area contributed by atoms with E-state index in [-0.39, 0.29) is 0 Å². The molecule has 1 aliphatic rings. The number of thioether (sulfide) groups is 1. The highest BCUT2D eigenvalue weighted by atomic mass is 32.2. The molecule has 0 aliphatic heterocycles. The van der Waals surface area contributed by atoms with E-state index < -0.39 is 6.55 Å². The van der Waals surface area contributed by atoms with Crippen LogP contribution in [0.15, 0.2) is 47.4 Å². The second-order valence-electron chi connectivity index (χ2n) is 5.74. The maximum absolute atomic E-state index is 13.4. The number of imidazole rings is 1. The first-order chi connectivity index (χ1) is 11.2. The molecule has 0 spiro atoms. The fraction of sp³-hybridized carbons (Fsp3) is 0.278. The highest BCUT2D eigenvalue weighted by Crippen LogP contribution is 2.31. The molecule has 0 fully saturated rings. The van der Waals surface area contributed by atoms with Gasteiger partial charge in [0.25, 0.3) is 0 Å². The second kappa shape index (κ2) is 5.96. The van der Waals surface area contributed by atoms with Gasteiger partial charge in [-0.1, -0.05) is 18.2 Å². The summed E-state index contributed by atoms with van der Waals surface area (Å²) >= 11 is 1.57. The molecule has 1 aliphatic carbocycles. The number of fused-ring (bicyclic) bond motifs is 2. The highest BCUT2D eigenvalue weighted by molar-refractivity contribution is 7.98. The minimum Gasteiger partial charge on any atom is -0.269 e. The Labute approximate surface area is 137 Å². The predicted molar refractivity (Wildman–Crippen MR) is 89.0 cm³/mol. The third kappa shape index (κ3) is 2.74. The molecule has 0 atom stereocenters. The summed E-state index contributed by atoms with van der Waals surface area (Å²) in [4.78, 5) is 5.51. The Morgan fingerprint density at radius 1 is 1.09 bits per heavy atom. The Morgan fingerprint density at radius 2 is 1.91 bits per heavy atom. The Hall–Kier alpha value is -1.88. The SMILES string of the molecule is FC(F)n1c(CSc2ccc3c(c2)CCC3)nc2ccccc21. The van der Waals surface area contributed by atoms with Crippen molar-refractivity contribution in [1.82, 2.24) is 9.55 Å². The first kappa shape index (κ1) is 14.7. The molecule has 118 valence electrons. The van der Waals surface area contributed by atoms with E-state index in [2.05, 4.69) is 23.2 Å². The van der Waals surface area contributed by atoms with Gasteiger partial charge >= 0.3 is 6.55 Å². The quantitative estimate of drug-likeness (QED) is 0.611. The van der Waals surface area contributed by atoms with E-state index in [0.717, 1.165) is 22.3 Å². The zero-order valence-corrected chi connectivity index (χ0v) is 13.3. The third-order valence-corrected chi connectivity index (χ3v) is 5.29. The van der Waals surface area contributed by atoms with Crippen LogP contribution in [0.2, 0.25) is 0 Å². The van der Waals surface area contributed by atoms with Gasteiger partial charge in [0.05, 0.1) is 16.8 Å². The van der Waals surface area contributed by atoms with Crippen molar-refractivity contribution in [2.24, 2.45) is 0 Å². The number of alkyl halides is 2. The van der Waals surface area contributed by atoms with Gasteiger partial charge in [-0.2, -0.15) is 8.78 Å². The normalized spacial score (nSPS) is 13.9. The van der Waals surface area contributed by atoms with Crippen molar-refractivity contribution >= 4 is 22.8 Å². The first-order valence-electron chi connectivity index (χ1n) is 7.71. The van der Waals surface area contributed by atoms with Crippen molar-refractivity contribution in [1.29, 1.82) is 0 Å². The summed E-state index contributed by atoms with van der Waals surface area (Å²) in [5.74, 6) is 0.865. The number of benzene rings is 2. The van der Waals surface area contributed by atoms with Gasteiger partial charge in [0.1, 0.15) is 5.82 Å².